The van der Waals surface area contributed by atoms with Crippen LogP contribution in [0.2, 0.25) is 0 Å². The summed E-state index contributed by atoms with van der Waals surface area (Å²) in [6, 6.07) is 21.4. The van der Waals surface area contributed by atoms with Crippen LogP contribution in [-0.4, -0.2) is 13.1 Å². The molecule has 2 rings (SSSR count). The topological polar surface area (TPSA) is 12.0 Å². The number of hydrogen-bond donors (Lipinski definition) is 1. The van der Waals surface area contributed by atoms with Gasteiger partial charge in [0.2, 0.25) is 0 Å². The molecular formula is C18H22ClN. The second-order valence-electron chi connectivity index (χ2n) is 4.66. The molecule has 106 valence electrons. The second-order valence-corrected chi connectivity index (χ2v) is 4.66. The average Bonchev–Trinajstić information content (AvgIpc) is 2.49. The van der Waals surface area contributed by atoms with Crippen molar-refractivity contribution in [3.8, 4) is 0 Å². The van der Waals surface area contributed by atoms with Crippen molar-refractivity contribution in [3.63, 3.8) is 0 Å². The largest absolute Gasteiger partial charge is 0.313 e. The molecule has 0 spiro atoms. The van der Waals surface area contributed by atoms with Crippen LogP contribution in [0, 0.1) is 0 Å². The van der Waals surface area contributed by atoms with Gasteiger partial charge in [0.1, 0.15) is 0 Å². The lowest BCUT2D eigenvalue weighted by Crippen LogP contribution is -2.18. The van der Waals surface area contributed by atoms with Crippen LogP contribution in [0.1, 0.15) is 23.5 Å². The first kappa shape index (κ1) is 16.5. The molecule has 0 radical (unpaired) electrons. The van der Waals surface area contributed by atoms with E-state index < -0.39 is 0 Å². The highest BCUT2D eigenvalue weighted by Crippen LogP contribution is 2.27. The lowest BCUT2D eigenvalue weighted by molar-refractivity contribution is 0.641. The van der Waals surface area contributed by atoms with Gasteiger partial charge in [-0.15, -0.1) is 19.0 Å². The van der Waals surface area contributed by atoms with Crippen molar-refractivity contribution in [3.05, 3.63) is 84.4 Å². The van der Waals surface area contributed by atoms with Gasteiger partial charge in [0.05, 0.1) is 0 Å². The maximum atomic E-state index is 3.73. The molecule has 0 aliphatic heterocycles. The Balaban J connectivity index is 0.00000200. The predicted octanol–water partition coefficient (Wildman–Crippen LogP) is 4.41. The molecule has 0 bridgehead atoms. The summed E-state index contributed by atoms with van der Waals surface area (Å²) in [4.78, 5) is 0. The van der Waals surface area contributed by atoms with Gasteiger partial charge in [0.25, 0.3) is 0 Å². The summed E-state index contributed by atoms with van der Waals surface area (Å²) in [7, 11) is 0. The van der Waals surface area contributed by atoms with Gasteiger partial charge in [-0.25, -0.2) is 0 Å². The van der Waals surface area contributed by atoms with Crippen molar-refractivity contribution in [1.82, 2.24) is 5.32 Å². The Morgan fingerprint density at radius 3 is 1.85 bits per heavy atom. The van der Waals surface area contributed by atoms with Crippen LogP contribution in [0.25, 0.3) is 0 Å². The summed E-state index contributed by atoms with van der Waals surface area (Å²) < 4.78 is 0. The zero-order valence-corrected chi connectivity index (χ0v) is 12.5. The van der Waals surface area contributed by atoms with E-state index in [0.717, 1.165) is 19.5 Å². The molecule has 2 heteroatoms. The number of hydrogen-bond acceptors (Lipinski definition) is 1. The monoisotopic (exact) mass is 287 g/mol. The Morgan fingerprint density at radius 2 is 1.40 bits per heavy atom. The fourth-order valence-electron chi connectivity index (χ4n) is 2.35. The Bertz CT molecular complexity index is 442. The Kier molecular flexibility index (Phi) is 7.71. The normalized spacial score (nSPS) is 10.1. The van der Waals surface area contributed by atoms with Crippen LogP contribution < -0.4 is 5.32 Å². The van der Waals surface area contributed by atoms with Gasteiger partial charge in [-0.05, 0) is 24.1 Å². The molecule has 1 N–H and O–H groups in total. The molecule has 2 aromatic carbocycles. The maximum absolute atomic E-state index is 3.73. The van der Waals surface area contributed by atoms with Crippen molar-refractivity contribution >= 4 is 12.4 Å². The lowest BCUT2D eigenvalue weighted by Gasteiger charge is -2.18. The first-order chi connectivity index (χ1) is 9.42. The molecule has 0 aromatic heterocycles. The Hall–Kier alpha value is -1.57. The molecule has 0 aliphatic rings. The minimum Gasteiger partial charge on any atom is -0.313 e. The zero-order valence-electron chi connectivity index (χ0n) is 11.7. The van der Waals surface area contributed by atoms with Gasteiger partial charge >= 0.3 is 0 Å². The van der Waals surface area contributed by atoms with E-state index in [9.17, 15) is 0 Å². The zero-order chi connectivity index (χ0) is 13.3. The molecule has 20 heavy (non-hydrogen) atoms. The van der Waals surface area contributed by atoms with E-state index in [1.165, 1.54) is 11.1 Å². The standard InChI is InChI=1S/C18H21N.ClH/c1-2-14-19-15-13-18(16-9-5-3-6-10-16)17-11-7-4-8-12-17;/h2-12,18-19H,1,13-15H2;1H. The van der Waals surface area contributed by atoms with Crippen LogP contribution in [0.4, 0.5) is 0 Å². The summed E-state index contributed by atoms with van der Waals surface area (Å²) in [5, 5.41) is 3.39. The van der Waals surface area contributed by atoms with Crippen LogP contribution in [-0.2, 0) is 0 Å². The van der Waals surface area contributed by atoms with Crippen molar-refractivity contribution in [1.29, 1.82) is 0 Å². The van der Waals surface area contributed by atoms with Crippen molar-refractivity contribution in [2.45, 2.75) is 12.3 Å². The number of rotatable bonds is 7. The maximum Gasteiger partial charge on any atom is 0.0132 e. The molecule has 0 saturated heterocycles. The summed E-state index contributed by atoms with van der Waals surface area (Å²) >= 11 is 0. The molecule has 2 aromatic rings. The van der Waals surface area contributed by atoms with E-state index in [0.29, 0.717) is 5.92 Å². The molecule has 0 atom stereocenters. The van der Waals surface area contributed by atoms with E-state index in [4.69, 9.17) is 0 Å². The molecule has 0 heterocycles. The van der Waals surface area contributed by atoms with Gasteiger partial charge in [0, 0.05) is 12.5 Å². The van der Waals surface area contributed by atoms with Gasteiger partial charge in [-0.3, -0.25) is 0 Å². The second kappa shape index (κ2) is 9.35. The van der Waals surface area contributed by atoms with Gasteiger partial charge < -0.3 is 5.32 Å². The Labute approximate surface area is 128 Å². The smallest absolute Gasteiger partial charge is 0.0132 e. The molecule has 0 fully saturated rings. The third kappa shape index (κ3) is 4.84. The minimum atomic E-state index is 0. The van der Waals surface area contributed by atoms with Crippen molar-refractivity contribution in [2.24, 2.45) is 0 Å². The van der Waals surface area contributed by atoms with Crippen LogP contribution in [0.5, 0.6) is 0 Å². The third-order valence-corrected chi connectivity index (χ3v) is 3.30. The fraction of sp³-hybridized carbons (Fsp3) is 0.222. The van der Waals surface area contributed by atoms with E-state index in [1.807, 2.05) is 6.08 Å². The van der Waals surface area contributed by atoms with E-state index in [-0.39, 0.29) is 12.4 Å². The first-order valence-corrected chi connectivity index (χ1v) is 6.83. The van der Waals surface area contributed by atoms with Gasteiger partial charge in [0.15, 0.2) is 0 Å². The molecule has 0 amide bonds. The first-order valence-electron chi connectivity index (χ1n) is 6.83. The third-order valence-electron chi connectivity index (χ3n) is 3.30. The lowest BCUT2D eigenvalue weighted by atomic mass is 9.88. The van der Waals surface area contributed by atoms with E-state index >= 15 is 0 Å². The SMILES string of the molecule is C=CCNCCC(c1ccccc1)c1ccccc1.Cl. The van der Waals surface area contributed by atoms with Crippen molar-refractivity contribution < 1.29 is 0 Å². The van der Waals surface area contributed by atoms with Crippen LogP contribution in [0.3, 0.4) is 0 Å². The quantitative estimate of drug-likeness (QED) is 0.588. The van der Waals surface area contributed by atoms with E-state index in [1.54, 1.807) is 0 Å². The minimum absolute atomic E-state index is 0. The fourth-order valence-corrected chi connectivity index (χ4v) is 2.35. The molecule has 1 nitrogen and oxygen atoms in total. The summed E-state index contributed by atoms with van der Waals surface area (Å²) in [5.74, 6) is 0.458. The van der Waals surface area contributed by atoms with Crippen LogP contribution >= 0.6 is 12.4 Å². The highest BCUT2D eigenvalue weighted by Gasteiger charge is 2.12. The summed E-state index contributed by atoms with van der Waals surface area (Å²) in [6.45, 7) is 5.60. The van der Waals surface area contributed by atoms with Crippen LogP contribution in [0.15, 0.2) is 73.3 Å². The molecule has 0 saturated carbocycles. The highest BCUT2D eigenvalue weighted by atomic mass is 35.5. The summed E-state index contributed by atoms with van der Waals surface area (Å²) in [6.07, 6.45) is 3.00. The Morgan fingerprint density at radius 1 is 0.900 bits per heavy atom. The number of halogens is 1. The summed E-state index contributed by atoms with van der Waals surface area (Å²) in [5.41, 5.74) is 2.77. The van der Waals surface area contributed by atoms with Gasteiger partial charge in [-0.2, -0.15) is 0 Å². The number of nitrogens with one attached hydrogen (secondary N) is 1. The predicted molar refractivity (Wildman–Crippen MR) is 89.7 cm³/mol. The highest BCUT2D eigenvalue weighted by molar-refractivity contribution is 5.85. The molecule has 0 aliphatic carbocycles. The number of benzene rings is 2. The molecule has 0 unspecified atom stereocenters. The van der Waals surface area contributed by atoms with Gasteiger partial charge in [-0.1, -0.05) is 66.7 Å². The van der Waals surface area contributed by atoms with Crippen molar-refractivity contribution in [2.75, 3.05) is 13.1 Å². The molecular weight excluding hydrogens is 266 g/mol. The average molecular weight is 288 g/mol. The van der Waals surface area contributed by atoms with E-state index in [2.05, 4.69) is 72.6 Å².